The second-order valence-corrected chi connectivity index (χ2v) is 6.56. The van der Waals surface area contributed by atoms with Crippen LogP contribution in [0.15, 0.2) is 42.5 Å². The number of carbonyl (C=O) groups is 2. The molecule has 0 aromatic heterocycles. The van der Waals surface area contributed by atoms with Crippen LogP contribution in [0.25, 0.3) is 0 Å². The monoisotopic (exact) mass is 368 g/mol. The number of anilines is 1. The molecule has 2 aromatic rings. The van der Waals surface area contributed by atoms with E-state index in [-0.39, 0.29) is 11.8 Å². The highest BCUT2D eigenvalue weighted by Gasteiger charge is 2.23. The molecular formula is C21H24N2O4. The summed E-state index contributed by atoms with van der Waals surface area (Å²) in [6, 6.07) is 12.7. The second-order valence-electron chi connectivity index (χ2n) is 6.56. The maximum Gasteiger partial charge on any atom is 0.253 e. The Morgan fingerprint density at radius 3 is 2.81 bits per heavy atom. The van der Waals surface area contributed by atoms with E-state index in [0.29, 0.717) is 24.4 Å². The molecular weight excluding hydrogens is 344 g/mol. The van der Waals surface area contributed by atoms with Crippen LogP contribution < -0.4 is 15.4 Å². The summed E-state index contributed by atoms with van der Waals surface area (Å²) in [4.78, 5) is 24.6. The number of hydrogen-bond acceptors (Lipinski definition) is 4. The lowest BCUT2D eigenvalue weighted by atomic mass is 10.1. The van der Waals surface area contributed by atoms with Crippen molar-refractivity contribution in [2.45, 2.75) is 32.4 Å². The minimum absolute atomic E-state index is 0.170. The third kappa shape index (κ3) is 4.86. The number of aryl methyl sites for hydroxylation is 1. The summed E-state index contributed by atoms with van der Waals surface area (Å²) in [5.41, 5.74) is 3.07. The van der Waals surface area contributed by atoms with Gasteiger partial charge in [-0.1, -0.05) is 18.2 Å². The fraction of sp³-hybridized carbons (Fsp3) is 0.333. The molecule has 1 saturated heterocycles. The molecule has 1 heterocycles. The molecule has 6 nitrogen and oxygen atoms in total. The first-order valence-electron chi connectivity index (χ1n) is 9.01. The molecule has 2 amide bonds. The minimum atomic E-state index is -0.404. The normalized spacial score (nSPS) is 16.0. The van der Waals surface area contributed by atoms with Crippen molar-refractivity contribution in [3.8, 4) is 5.75 Å². The lowest BCUT2D eigenvalue weighted by molar-refractivity contribution is -0.124. The van der Waals surface area contributed by atoms with Crippen LogP contribution in [0.4, 0.5) is 5.69 Å². The van der Waals surface area contributed by atoms with E-state index in [1.165, 1.54) is 0 Å². The molecule has 1 atom stereocenters. The van der Waals surface area contributed by atoms with Gasteiger partial charge >= 0.3 is 0 Å². The van der Waals surface area contributed by atoms with Gasteiger partial charge in [0.2, 0.25) is 0 Å². The Kier molecular flexibility index (Phi) is 6.08. The van der Waals surface area contributed by atoms with Crippen LogP contribution in [-0.2, 0) is 16.1 Å². The van der Waals surface area contributed by atoms with Crippen LogP contribution >= 0.6 is 0 Å². The van der Waals surface area contributed by atoms with Gasteiger partial charge in [0.15, 0.2) is 0 Å². The van der Waals surface area contributed by atoms with E-state index in [4.69, 9.17) is 9.47 Å². The van der Waals surface area contributed by atoms with E-state index < -0.39 is 6.10 Å². The first kappa shape index (κ1) is 18.9. The quantitative estimate of drug-likeness (QED) is 0.822. The molecule has 0 radical (unpaired) electrons. The zero-order valence-electron chi connectivity index (χ0n) is 15.6. The lowest BCUT2D eigenvalue weighted by Crippen LogP contribution is -2.27. The van der Waals surface area contributed by atoms with Crippen LogP contribution in [0.3, 0.4) is 0 Å². The first-order valence-corrected chi connectivity index (χ1v) is 9.01. The molecule has 142 valence electrons. The number of carbonyl (C=O) groups excluding carboxylic acids is 2. The zero-order chi connectivity index (χ0) is 19.2. The Hall–Kier alpha value is -2.86. The fourth-order valence-electron chi connectivity index (χ4n) is 3.00. The fourth-order valence-corrected chi connectivity index (χ4v) is 3.00. The number of nitrogens with one attached hydrogen (secondary N) is 2. The van der Waals surface area contributed by atoms with Crippen molar-refractivity contribution in [2.24, 2.45) is 0 Å². The van der Waals surface area contributed by atoms with E-state index in [2.05, 4.69) is 10.6 Å². The van der Waals surface area contributed by atoms with Crippen LogP contribution in [0, 0.1) is 6.92 Å². The van der Waals surface area contributed by atoms with Crippen LogP contribution in [-0.4, -0.2) is 31.6 Å². The number of rotatable bonds is 6. The van der Waals surface area contributed by atoms with E-state index in [9.17, 15) is 9.59 Å². The van der Waals surface area contributed by atoms with E-state index >= 15 is 0 Å². The molecule has 3 rings (SSSR count). The maximum atomic E-state index is 12.5. The Morgan fingerprint density at radius 2 is 2.07 bits per heavy atom. The molecule has 1 aliphatic rings. The van der Waals surface area contributed by atoms with Gasteiger partial charge in [-0.25, -0.2) is 0 Å². The molecule has 1 unspecified atom stereocenters. The summed E-state index contributed by atoms with van der Waals surface area (Å²) in [6.45, 7) is 2.98. The Bertz CT molecular complexity index is 829. The topological polar surface area (TPSA) is 76.7 Å². The van der Waals surface area contributed by atoms with Crippen molar-refractivity contribution in [3.05, 3.63) is 59.2 Å². The number of amides is 2. The Labute approximate surface area is 158 Å². The zero-order valence-corrected chi connectivity index (χ0v) is 15.6. The summed E-state index contributed by atoms with van der Waals surface area (Å²) in [5, 5.41) is 5.70. The summed E-state index contributed by atoms with van der Waals surface area (Å²) in [6.07, 6.45) is 1.22. The van der Waals surface area contributed by atoms with Gasteiger partial charge in [-0.2, -0.15) is 0 Å². The van der Waals surface area contributed by atoms with Gasteiger partial charge in [-0.15, -0.1) is 0 Å². The van der Waals surface area contributed by atoms with Gasteiger partial charge in [0, 0.05) is 24.4 Å². The van der Waals surface area contributed by atoms with E-state index in [0.717, 1.165) is 29.7 Å². The number of hydrogen-bond donors (Lipinski definition) is 2. The number of benzene rings is 2. The Morgan fingerprint density at radius 1 is 1.22 bits per heavy atom. The predicted molar refractivity (Wildman–Crippen MR) is 103 cm³/mol. The predicted octanol–water partition coefficient (Wildman–Crippen LogP) is 3.05. The molecule has 0 bridgehead atoms. The first-order chi connectivity index (χ1) is 13.1. The summed E-state index contributed by atoms with van der Waals surface area (Å²) >= 11 is 0. The molecule has 1 aliphatic heterocycles. The van der Waals surface area contributed by atoms with Crippen molar-refractivity contribution >= 4 is 17.5 Å². The van der Waals surface area contributed by atoms with Crippen molar-refractivity contribution in [2.75, 3.05) is 19.0 Å². The third-order valence-corrected chi connectivity index (χ3v) is 4.54. The van der Waals surface area contributed by atoms with Gasteiger partial charge < -0.3 is 20.1 Å². The second kappa shape index (κ2) is 8.68. The summed E-state index contributed by atoms with van der Waals surface area (Å²) < 4.78 is 10.7. The number of ether oxygens (including phenoxy) is 2. The van der Waals surface area contributed by atoms with Gasteiger partial charge in [0.05, 0.1) is 7.11 Å². The standard InChI is InChI=1S/C21H24N2O4/c1-14-8-9-15(11-19(14)26-2)13-22-20(24)16-5-3-6-17(12-16)23-21(25)18-7-4-10-27-18/h3,5-6,8-9,11-12,18H,4,7,10,13H2,1-2H3,(H,22,24)(H,23,25). The molecule has 2 N–H and O–H groups in total. The molecule has 0 spiro atoms. The molecule has 0 saturated carbocycles. The molecule has 1 fully saturated rings. The van der Waals surface area contributed by atoms with Gasteiger partial charge in [0.25, 0.3) is 11.8 Å². The van der Waals surface area contributed by atoms with Crippen molar-refractivity contribution < 1.29 is 19.1 Å². The van der Waals surface area contributed by atoms with Crippen LogP contribution in [0.5, 0.6) is 5.75 Å². The maximum absolute atomic E-state index is 12.5. The van der Waals surface area contributed by atoms with Crippen molar-refractivity contribution in [1.82, 2.24) is 5.32 Å². The average molecular weight is 368 g/mol. The molecule has 2 aromatic carbocycles. The summed E-state index contributed by atoms with van der Waals surface area (Å²) in [7, 11) is 1.63. The SMILES string of the molecule is COc1cc(CNC(=O)c2cccc(NC(=O)C3CCCO3)c2)ccc1C. The number of methoxy groups -OCH3 is 1. The highest BCUT2D eigenvalue weighted by molar-refractivity contribution is 5.98. The van der Waals surface area contributed by atoms with Crippen LogP contribution in [0.2, 0.25) is 0 Å². The van der Waals surface area contributed by atoms with Crippen molar-refractivity contribution in [3.63, 3.8) is 0 Å². The molecule has 0 aliphatic carbocycles. The van der Waals surface area contributed by atoms with E-state index in [1.54, 1.807) is 31.4 Å². The molecule has 27 heavy (non-hydrogen) atoms. The lowest BCUT2D eigenvalue weighted by Gasteiger charge is -2.12. The highest BCUT2D eigenvalue weighted by atomic mass is 16.5. The Balaban J connectivity index is 1.60. The summed E-state index contributed by atoms with van der Waals surface area (Å²) in [5.74, 6) is 0.417. The smallest absolute Gasteiger partial charge is 0.253 e. The third-order valence-electron chi connectivity index (χ3n) is 4.54. The molecule has 6 heteroatoms. The van der Waals surface area contributed by atoms with Crippen LogP contribution in [0.1, 0.15) is 34.3 Å². The van der Waals surface area contributed by atoms with E-state index in [1.807, 2.05) is 25.1 Å². The average Bonchev–Trinajstić information content (AvgIpc) is 3.22. The van der Waals surface area contributed by atoms with Gasteiger partial charge in [-0.3, -0.25) is 9.59 Å². The van der Waals surface area contributed by atoms with Gasteiger partial charge in [0.1, 0.15) is 11.9 Å². The van der Waals surface area contributed by atoms with Crippen molar-refractivity contribution in [1.29, 1.82) is 0 Å². The van der Waals surface area contributed by atoms with Gasteiger partial charge in [-0.05, 0) is 55.2 Å². The largest absolute Gasteiger partial charge is 0.496 e. The minimum Gasteiger partial charge on any atom is -0.496 e. The highest BCUT2D eigenvalue weighted by Crippen LogP contribution is 2.19.